The Balaban J connectivity index is 2.05. The van der Waals surface area contributed by atoms with Crippen molar-refractivity contribution in [3.8, 4) is 5.75 Å². The van der Waals surface area contributed by atoms with Gasteiger partial charge in [0.15, 0.2) is 0 Å². The Kier molecular flexibility index (Phi) is 10.1. The Labute approximate surface area is 231 Å². The first-order valence-corrected chi connectivity index (χ1v) is 14.4. The number of benzene rings is 3. The molecule has 2 amide bonds. The molecule has 0 aliphatic carbocycles. The fourth-order valence-corrected chi connectivity index (χ4v) is 5.69. The van der Waals surface area contributed by atoms with Crippen LogP contribution in [0.4, 0.5) is 5.69 Å². The third-order valence-corrected chi connectivity index (χ3v) is 8.21. The molecule has 39 heavy (non-hydrogen) atoms. The lowest BCUT2D eigenvalue weighted by Gasteiger charge is -2.33. The van der Waals surface area contributed by atoms with Crippen molar-refractivity contribution in [3.05, 3.63) is 89.5 Å². The van der Waals surface area contributed by atoms with Crippen molar-refractivity contribution in [2.75, 3.05) is 24.5 Å². The molecule has 9 heteroatoms. The largest absolute Gasteiger partial charge is 0.497 e. The zero-order valence-electron chi connectivity index (χ0n) is 23.2. The minimum atomic E-state index is -4.09. The number of anilines is 1. The third kappa shape index (κ3) is 7.38. The highest BCUT2D eigenvalue weighted by Gasteiger charge is 2.33. The molecule has 0 radical (unpaired) electrons. The summed E-state index contributed by atoms with van der Waals surface area (Å²) in [5.74, 6) is -0.103. The number of hydrogen-bond acceptors (Lipinski definition) is 5. The maximum absolute atomic E-state index is 14.0. The molecule has 0 unspecified atom stereocenters. The fraction of sp³-hybridized carbons (Fsp3) is 0.333. The predicted octanol–water partition coefficient (Wildman–Crippen LogP) is 4.45. The van der Waals surface area contributed by atoms with E-state index in [-0.39, 0.29) is 17.3 Å². The van der Waals surface area contributed by atoms with E-state index in [1.165, 1.54) is 17.0 Å². The van der Waals surface area contributed by atoms with Crippen LogP contribution in [-0.2, 0) is 26.2 Å². The second-order valence-electron chi connectivity index (χ2n) is 9.35. The number of methoxy groups -OCH3 is 1. The van der Waals surface area contributed by atoms with Gasteiger partial charge < -0.3 is 15.0 Å². The predicted molar refractivity (Wildman–Crippen MR) is 153 cm³/mol. The summed E-state index contributed by atoms with van der Waals surface area (Å²) in [6, 6.07) is 20.0. The van der Waals surface area contributed by atoms with Gasteiger partial charge >= 0.3 is 0 Å². The number of rotatable bonds is 12. The van der Waals surface area contributed by atoms with Gasteiger partial charge in [0.2, 0.25) is 11.8 Å². The van der Waals surface area contributed by atoms with Crippen molar-refractivity contribution in [2.45, 2.75) is 51.6 Å². The summed E-state index contributed by atoms with van der Waals surface area (Å²) in [4.78, 5) is 28.5. The Morgan fingerprint density at radius 1 is 0.923 bits per heavy atom. The van der Waals surface area contributed by atoms with Crippen LogP contribution in [0.2, 0.25) is 0 Å². The van der Waals surface area contributed by atoms with Crippen LogP contribution in [0.3, 0.4) is 0 Å². The molecule has 8 nitrogen and oxygen atoms in total. The van der Waals surface area contributed by atoms with E-state index in [1.54, 1.807) is 49.6 Å². The van der Waals surface area contributed by atoms with Gasteiger partial charge in [0.1, 0.15) is 18.3 Å². The molecular formula is C30H37N3O5S. The molecule has 0 saturated carbocycles. The summed E-state index contributed by atoms with van der Waals surface area (Å²) in [5, 5.41) is 2.81. The Morgan fingerprint density at radius 2 is 1.59 bits per heavy atom. The van der Waals surface area contributed by atoms with E-state index >= 15 is 0 Å². The fourth-order valence-electron chi connectivity index (χ4n) is 4.29. The van der Waals surface area contributed by atoms with Gasteiger partial charge in [-0.1, -0.05) is 48.9 Å². The molecule has 0 aromatic heterocycles. The topological polar surface area (TPSA) is 96.0 Å². The van der Waals surface area contributed by atoms with Crippen LogP contribution in [0.15, 0.2) is 77.7 Å². The molecule has 1 atom stereocenters. The van der Waals surface area contributed by atoms with E-state index in [0.717, 1.165) is 21.0 Å². The zero-order valence-corrected chi connectivity index (χ0v) is 24.0. The first-order valence-electron chi connectivity index (χ1n) is 13.0. The number of carbonyl (C=O) groups is 2. The second-order valence-corrected chi connectivity index (χ2v) is 11.2. The van der Waals surface area contributed by atoms with Crippen LogP contribution in [0, 0.1) is 13.8 Å². The quantitative estimate of drug-likeness (QED) is 0.359. The number of amides is 2. The van der Waals surface area contributed by atoms with Crippen LogP contribution < -0.4 is 14.4 Å². The normalized spacial score (nSPS) is 11.9. The molecule has 3 rings (SSSR count). The summed E-state index contributed by atoms with van der Waals surface area (Å²) in [6.45, 7) is 7.46. The van der Waals surface area contributed by atoms with Crippen LogP contribution in [-0.4, -0.2) is 51.4 Å². The molecule has 0 aliphatic heterocycles. The van der Waals surface area contributed by atoms with Gasteiger partial charge in [0, 0.05) is 13.1 Å². The van der Waals surface area contributed by atoms with E-state index in [2.05, 4.69) is 5.32 Å². The minimum absolute atomic E-state index is 0.0832. The van der Waals surface area contributed by atoms with E-state index in [9.17, 15) is 18.0 Å². The van der Waals surface area contributed by atoms with E-state index in [0.29, 0.717) is 24.4 Å². The minimum Gasteiger partial charge on any atom is -0.497 e. The number of hydrogen-bond donors (Lipinski definition) is 1. The van der Waals surface area contributed by atoms with Gasteiger partial charge in [-0.05, 0) is 74.7 Å². The Bertz CT molecular complexity index is 1370. The standard InChI is InChI=1S/C30H37N3O5S/c1-6-28(30(35)31-7-2)32(20-24-13-15-26(38-5)16-14-24)29(34)21-33(25-10-8-9-23(4)19-25)39(36,37)27-17-11-22(3)12-18-27/h8-19,28H,6-7,20-21H2,1-5H3,(H,31,35)/t28-/m1/s1. The molecule has 3 aromatic carbocycles. The lowest BCUT2D eigenvalue weighted by Crippen LogP contribution is -2.52. The highest BCUT2D eigenvalue weighted by atomic mass is 32.2. The molecule has 3 aromatic rings. The molecule has 0 heterocycles. The summed E-state index contributed by atoms with van der Waals surface area (Å²) in [6.07, 6.45) is 0.364. The molecular weight excluding hydrogens is 514 g/mol. The van der Waals surface area contributed by atoms with Crippen LogP contribution in [0.1, 0.15) is 37.0 Å². The zero-order chi connectivity index (χ0) is 28.6. The van der Waals surface area contributed by atoms with Gasteiger partial charge in [-0.2, -0.15) is 0 Å². The summed E-state index contributed by atoms with van der Waals surface area (Å²) in [7, 11) is -2.52. The number of ether oxygens (including phenoxy) is 1. The Morgan fingerprint density at radius 3 is 2.15 bits per heavy atom. The maximum atomic E-state index is 14.0. The molecule has 0 bridgehead atoms. The summed E-state index contributed by atoms with van der Waals surface area (Å²) in [5.41, 5.74) is 2.94. The van der Waals surface area contributed by atoms with Gasteiger partial charge in [-0.3, -0.25) is 13.9 Å². The van der Waals surface area contributed by atoms with Crippen LogP contribution >= 0.6 is 0 Å². The lowest BCUT2D eigenvalue weighted by molar-refractivity contribution is -0.140. The van der Waals surface area contributed by atoms with Gasteiger partial charge in [-0.15, -0.1) is 0 Å². The van der Waals surface area contributed by atoms with Crippen LogP contribution in [0.5, 0.6) is 5.75 Å². The molecule has 0 saturated heterocycles. The highest BCUT2D eigenvalue weighted by molar-refractivity contribution is 7.92. The number of likely N-dealkylation sites (N-methyl/N-ethyl adjacent to an activating group) is 1. The van der Waals surface area contributed by atoms with E-state index in [1.807, 2.05) is 45.9 Å². The van der Waals surface area contributed by atoms with E-state index in [4.69, 9.17) is 4.74 Å². The first-order chi connectivity index (χ1) is 18.6. The smallest absolute Gasteiger partial charge is 0.264 e. The summed E-state index contributed by atoms with van der Waals surface area (Å²) >= 11 is 0. The molecule has 208 valence electrons. The number of nitrogens with zero attached hydrogens (tertiary/aromatic N) is 2. The molecule has 0 aliphatic rings. The monoisotopic (exact) mass is 551 g/mol. The average molecular weight is 552 g/mol. The molecule has 0 fully saturated rings. The molecule has 1 N–H and O–H groups in total. The number of carbonyl (C=O) groups excluding carboxylic acids is 2. The van der Waals surface area contributed by atoms with Crippen molar-refractivity contribution >= 4 is 27.5 Å². The highest BCUT2D eigenvalue weighted by Crippen LogP contribution is 2.26. The van der Waals surface area contributed by atoms with Crippen molar-refractivity contribution in [3.63, 3.8) is 0 Å². The second kappa shape index (κ2) is 13.3. The lowest BCUT2D eigenvalue weighted by atomic mass is 10.1. The summed E-state index contributed by atoms with van der Waals surface area (Å²) < 4.78 is 34.1. The van der Waals surface area contributed by atoms with E-state index < -0.39 is 28.5 Å². The van der Waals surface area contributed by atoms with Crippen LogP contribution in [0.25, 0.3) is 0 Å². The third-order valence-electron chi connectivity index (χ3n) is 6.43. The maximum Gasteiger partial charge on any atom is 0.264 e. The van der Waals surface area contributed by atoms with Crippen molar-refractivity contribution < 1.29 is 22.7 Å². The van der Waals surface area contributed by atoms with Crippen molar-refractivity contribution in [1.29, 1.82) is 0 Å². The van der Waals surface area contributed by atoms with Gasteiger partial charge in [-0.25, -0.2) is 8.42 Å². The van der Waals surface area contributed by atoms with Gasteiger partial charge in [0.05, 0.1) is 17.7 Å². The van der Waals surface area contributed by atoms with Crippen molar-refractivity contribution in [1.82, 2.24) is 10.2 Å². The van der Waals surface area contributed by atoms with Gasteiger partial charge in [0.25, 0.3) is 10.0 Å². The first kappa shape index (κ1) is 29.7. The van der Waals surface area contributed by atoms with Crippen molar-refractivity contribution in [2.24, 2.45) is 0 Å². The molecule has 0 spiro atoms. The Hall–Kier alpha value is -3.85. The number of nitrogens with one attached hydrogen (secondary N) is 1. The average Bonchev–Trinajstić information content (AvgIpc) is 2.92. The SMILES string of the molecule is CCNC(=O)[C@@H](CC)N(Cc1ccc(OC)cc1)C(=O)CN(c1cccc(C)c1)S(=O)(=O)c1ccc(C)cc1. The number of sulfonamides is 1. The number of aryl methyl sites for hydroxylation is 2.